The molecular formula is C24H32N2O3. The first-order chi connectivity index (χ1) is 13.9. The van der Waals surface area contributed by atoms with Gasteiger partial charge in [0, 0.05) is 13.1 Å². The highest BCUT2D eigenvalue weighted by Crippen LogP contribution is 2.19. The number of benzene rings is 2. The van der Waals surface area contributed by atoms with Crippen LogP contribution in [0.1, 0.15) is 42.5 Å². The van der Waals surface area contributed by atoms with Crippen LogP contribution < -0.4 is 10.1 Å². The Morgan fingerprint density at radius 2 is 1.86 bits per heavy atom. The summed E-state index contributed by atoms with van der Waals surface area (Å²) in [5.41, 5.74) is 4.13. The molecule has 0 aliphatic heterocycles. The fraction of sp³-hybridized carbons (Fsp3) is 0.417. The summed E-state index contributed by atoms with van der Waals surface area (Å²) >= 11 is 0. The maximum absolute atomic E-state index is 13.4. The summed E-state index contributed by atoms with van der Waals surface area (Å²) in [6.45, 7) is 8.74. The van der Waals surface area contributed by atoms with Gasteiger partial charge in [0.15, 0.2) is 0 Å². The highest BCUT2D eigenvalue weighted by atomic mass is 16.5. The number of nitrogens with zero attached hydrogens (tertiary/aromatic N) is 1. The second-order valence-corrected chi connectivity index (χ2v) is 7.30. The number of likely N-dealkylation sites (N-methyl/N-ethyl adjacent to an activating group) is 1. The van der Waals surface area contributed by atoms with Gasteiger partial charge in [-0.2, -0.15) is 0 Å². The van der Waals surface area contributed by atoms with Crippen LogP contribution in [0.15, 0.2) is 42.5 Å². The molecule has 0 unspecified atom stereocenters. The molecule has 0 aliphatic carbocycles. The molecule has 0 saturated heterocycles. The van der Waals surface area contributed by atoms with E-state index in [1.165, 1.54) is 0 Å². The lowest BCUT2D eigenvalue weighted by atomic mass is 10.0. The Labute approximate surface area is 174 Å². The quantitative estimate of drug-likeness (QED) is 0.701. The molecule has 2 aromatic rings. The Bertz CT molecular complexity index is 848. The van der Waals surface area contributed by atoms with E-state index in [4.69, 9.17) is 4.74 Å². The Kier molecular flexibility index (Phi) is 8.25. The molecule has 0 saturated carbocycles. The van der Waals surface area contributed by atoms with Crippen molar-refractivity contribution in [3.8, 4) is 5.75 Å². The van der Waals surface area contributed by atoms with Gasteiger partial charge in [-0.25, -0.2) is 0 Å². The predicted octanol–water partition coefficient (Wildman–Crippen LogP) is 3.80. The zero-order valence-corrected chi connectivity index (χ0v) is 18.1. The van der Waals surface area contributed by atoms with E-state index in [1.807, 2.05) is 70.2 Å². The maximum Gasteiger partial charge on any atom is 0.242 e. The average molecular weight is 397 g/mol. The van der Waals surface area contributed by atoms with Crippen LogP contribution in [0.3, 0.4) is 0 Å². The fourth-order valence-electron chi connectivity index (χ4n) is 3.43. The molecule has 0 spiro atoms. The molecule has 1 atom stereocenters. The number of rotatable bonds is 9. The van der Waals surface area contributed by atoms with Gasteiger partial charge in [0.1, 0.15) is 11.8 Å². The molecule has 0 aliphatic rings. The van der Waals surface area contributed by atoms with Gasteiger partial charge in [-0.15, -0.1) is 0 Å². The summed E-state index contributed by atoms with van der Waals surface area (Å²) in [5.74, 6) is 0.558. The van der Waals surface area contributed by atoms with Crippen LogP contribution in [0.25, 0.3) is 0 Å². The average Bonchev–Trinajstić information content (AvgIpc) is 2.71. The zero-order chi connectivity index (χ0) is 21.4. The van der Waals surface area contributed by atoms with Crippen molar-refractivity contribution in [3.63, 3.8) is 0 Å². The first-order valence-electron chi connectivity index (χ1n) is 10.2. The van der Waals surface area contributed by atoms with E-state index in [-0.39, 0.29) is 18.2 Å². The number of amides is 2. The summed E-state index contributed by atoms with van der Waals surface area (Å²) in [4.78, 5) is 27.7. The summed E-state index contributed by atoms with van der Waals surface area (Å²) in [6.07, 6.45) is 0.821. The monoisotopic (exact) mass is 396 g/mol. The number of ether oxygens (including phenoxy) is 1. The number of nitrogens with one attached hydrogen (secondary N) is 1. The number of carbonyl (C=O) groups is 2. The van der Waals surface area contributed by atoms with E-state index in [2.05, 4.69) is 5.32 Å². The van der Waals surface area contributed by atoms with Crippen LogP contribution in [0.4, 0.5) is 0 Å². The van der Waals surface area contributed by atoms with Crippen molar-refractivity contribution in [3.05, 3.63) is 64.7 Å². The van der Waals surface area contributed by atoms with Gasteiger partial charge in [0.2, 0.25) is 11.8 Å². The third kappa shape index (κ3) is 6.08. The van der Waals surface area contributed by atoms with E-state index in [0.29, 0.717) is 19.5 Å². The van der Waals surface area contributed by atoms with E-state index in [9.17, 15) is 9.59 Å². The second-order valence-electron chi connectivity index (χ2n) is 7.30. The SMILES string of the molecule is CCNC(=O)[C@@H](CC)N(Cc1cccc(OC)c1)C(=O)Cc1cc(C)ccc1C. The first kappa shape index (κ1) is 22.5. The molecule has 0 fully saturated rings. The van der Waals surface area contributed by atoms with Gasteiger partial charge < -0.3 is 15.0 Å². The molecule has 0 aromatic heterocycles. The van der Waals surface area contributed by atoms with Crippen molar-refractivity contribution in [2.24, 2.45) is 0 Å². The van der Waals surface area contributed by atoms with Crippen molar-refractivity contribution in [1.29, 1.82) is 0 Å². The number of aryl methyl sites for hydroxylation is 2. The highest BCUT2D eigenvalue weighted by molar-refractivity contribution is 5.88. The van der Waals surface area contributed by atoms with Gasteiger partial charge in [0.25, 0.3) is 0 Å². The molecule has 2 rings (SSSR count). The Hall–Kier alpha value is -2.82. The molecule has 2 aromatic carbocycles. The van der Waals surface area contributed by atoms with E-state index >= 15 is 0 Å². The molecule has 1 N–H and O–H groups in total. The van der Waals surface area contributed by atoms with Gasteiger partial charge in [-0.3, -0.25) is 9.59 Å². The Morgan fingerprint density at radius 3 is 2.52 bits per heavy atom. The zero-order valence-electron chi connectivity index (χ0n) is 18.1. The van der Waals surface area contributed by atoms with Crippen LogP contribution in [-0.2, 0) is 22.6 Å². The van der Waals surface area contributed by atoms with Crippen molar-refractivity contribution >= 4 is 11.8 Å². The smallest absolute Gasteiger partial charge is 0.242 e. The molecule has 2 amide bonds. The number of carbonyl (C=O) groups excluding carboxylic acids is 2. The van der Waals surface area contributed by atoms with Gasteiger partial charge in [-0.1, -0.05) is 42.8 Å². The molecule has 5 nitrogen and oxygen atoms in total. The van der Waals surface area contributed by atoms with E-state index in [0.717, 1.165) is 28.0 Å². The third-order valence-electron chi connectivity index (χ3n) is 5.07. The predicted molar refractivity (Wildman–Crippen MR) is 116 cm³/mol. The topological polar surface area (TPSA) is 58.6 Å². The van der Waals surface area contributed by atoms with Gasteiger partial charge >= 0.3 is 0 Å². The second kappa shape index (κ2) is 10.6. The Balaban J connectivity index is 2.34. The van der Waals surface area contributed by atoms with Crippen LogP contribution in [0, 0.1) is 13.8 Å². The van der Waals surface area contributed by atoms with Crippen LogP contribution in [-0.4, -0.2) is 36.4 Å². The Morgan fingerprint density at radius 1 is 1.10 bits per heavy atom. The van der Waals surface area contributed by atoms with E-state index in [1.54, 1.807) is 12.0 Å². The standard InChI is InChI=1S/C24H32N2O3/c1-6-22(24(28)25-7-2)26(16-19-9-8-10-21(14-19)29-5)23(27)15-20-13-17(3)11-12-18(20)4/h8-14,22H,6-7,15-16H2,1-5H3,(H,25,28)/t22-/m1/s1. The van der Waals surface area contributed by atoms with Crippen molar-refractivity contribution < 1.29 is 14.3 Å². The lowest BCUT2D eigenvalue weighted by Crippen LogP contribution is -2.49. The lowest BCUT2D eigenvalue weighted by Gasteiger charge is -2.31. The van der Waals surface area contributed by atoms with Crippen molar-refractivity contribution in [1.82, 2.24) is 10.2 Å². The van der Waals surface area contributed by atoms with Crippen molar-refractivity contribution in [2.75, 3.05) is 13.7 Å². The van der Waals surface area contributed by atoms with Crippen molar-refractivity contribution in [2.45, 2.75) is 53.1 Å². The van der Waals surface area contributed by atoms with Crippen LogP contribution >= 0.6 is 0 Å². The van der Waals surface area contributed by atoms with E-state index < -0.39 is 6.04 Å². The van der Waals surface area contributed by atoms with Crippen LogP contribution in [0.2, 0.25) is 0 Å². The summed E-state index contributed by atoms with van der Waals surface area (Å²) in [5, 5.41) is 2.87. The largest absolute Gasteiger partial charge is 0.497 e. The highest BCUT2D eigenvalue weighted by Gasteiger charge is 2.28. The summed E-state index contributed by atoms with van der Waals surface area (Å²) in [7, 11) is 1.62. The summed E-state index contributed by atoms with van der Waals surface area (Å²) < 4.78 is 5.31. The normalized spacial score (nSPS) is 11.6. The van der Waals surface area contributed by atoms with Gasteiger partial charge in [-0.05, 0) is 56.0 Å². The molecule has 0 radical (unpaired) electrons. The number of hydrogen-bond acceptors (Lipinski definition) is 3. The fourth-order valence-corrected chi connectivity index (χ4v) is 3.43. The molecule has 29 heavy (non-hydrogen) atoms. The molecule has 156 valence electrons. The minimum absolute atomic E-state index is 0.0559. The maximum atomic E-state index is 13.4. The molecule has 0 heterocycles. The lowest BCUT2D eigenvalue weighted by molar-refractivity contribution is -0.140. The first-order valence-corrected chi connectivity index (χ1v) is 10.2. The molecule has 0 bridgehead atoms. The number of methoxy groups -OCH3 is 1. The minimum atomic E-state index is -0.515. The molecule has 5 heteroatoms. The summed E-state index contributed by atoms with van der Waals surface area (Å²) in [6, 6.07) is 13.2. The third-order valence-corrected chi connectivity index (χ3v) is 5.07. The molecular weight excluding hydrogens is 364 g/mol. The number of hydrogen-bond donors (Lipinski definition) is 1. The van der Waals surface area contributed by atoms with Gasteiger partial charge in [0.05, 0.1) is 13.5 Å². The minimum Gasteiger partial charge on any atom is -0.497 e. The van der Waals surface area contributed by atoms with Crippen LogP contribution in [0.5, 0.6) is 5.75 Å².